The smallest absolute Gasteiger partial charge is 0.349 e. The second kappa shape index (κ2) is 23.4. The van der Waals surface area contributed by atoms with E-state index in [1.807, 2.05) is 0 Å². The summed E-state index contributed by atoms with van der Waals surface area (Å²) in [4.78, 5) is 89.0. The number of benzene rings is 5. The van der Waals surface area contributed by atoms with Gasteiger partial charge in [-0.1, -0.05) is 0 Å². The predicted molar refractivity (Wildman–Crippen MR) is 262 cm³/mol. The Bertz CT molecular complexity index is 3020. The van der Waals surface area contributed by atoms with Gasteiger partial charge >= 0.3 is 23.9 Å². The molecule has 5 aromatic rings. The molecule has 0 aromatic heterocycles. The Morgan fingerprint density at radius 3 is 1.65 bits per heavy atom. The normalized spacial score (nSPS) is 24.4. The van der Waals surface area contributed by atoms with Gasteiger partial charge in [-0.05, 0) is 121 Å². The van der Waals surface area contributed by atoms with E-state index in [4.69, 9.17) is 71.1 Å². The summed E-state index contributed by atoms with van der Waals surface area (Å²) in [5, 5.41) is 0. The van der Waals surface area contributed by atoms with Crippen LogP contribution in [0.3, 0.4) is 0 Å². The molecule has 1 aliphatic carbocycles. The first-order valence-corrected chi connectivity index (χ1v) is 24.5. The SMILES string of the molecule is COc1cc([C@@H]2c3cc4c(cc3[C@@H](O[C@@H]3O[C@@H]5CO[C@@H](C)O[C@H]5[C@H](OC(=O)COc5ccc(C=O)cc5)[C@H]3OC(=O)COc3ccc(C=O)cc3)[C@H]3COC(=O)[C@H]23)OCO4)cc(OC)c1OC(=O)COc1ccc(C=O)cc1. The molecular weight excluding hydrogens is 1020 g/mol. The van der Waals surface area contributed by atoms with Gasteiger partial charge in [-0.2, -0.15) is 0 Å². The van der Waals surface area contributed by atoms with Crippen LogP contribution in [0.4, 0.5) is 0 Å². The zero-order valence-corrected chi connectivity index (χ0v) is 42.0. The van der Waals surface area contributed by atoms with Crippen molar-refractivity contribution >= 4 is 42.7 Å². The predicted octanol–water partition coefficient (Wildman–Crippen LogP) is 5.31. The number of hydrogen-bond donors (Lipinski definition) is 0. The van der Waals surface area contributed by atoms with Gasteiger partial charge in [0.1, 0.15) is 48.3 Å². The first-order valence-electron chi connectivity index (χ1n) is 24.5. The van der Waals surface area contributed by atoms with Crippen molar-refractivity contribution < 1.29 is 105 Å². The lowest BCUT2D eigenvalue weighted by Crippen LogP contribution is -2.65. The summed E-state index contributed by atoms with van der Waals surface area (Å²) < 4.78 is 89.9. The molecule has 3 saturated heterocycles. The topological polar surface area (TPSA) is 258 Å². The van der Waals surface area contributed by atoms with Crippen molar-refractivity contribution in [2.45, 2.75) is 55.9 Å². The minimum Gasteiger partial charge on any atom is -0.493 e. The van der Waals surface area contributed by atoms with Gasteiger partial charge in [0, 0.05) is 28.5 Å². The highest BCUT2D eigenvalue weighted by molar-refractivity contribution is 5.80. The van der Waals surface area contributed by atoms with E-state index in [1.54, 1.807) is 31.2 Å². The van der Waals surface area contributed by atoms with Crippen LogP contribution in [0.25, 0.3) is 0 Å². The van der Waals surface area contributed by atoms with Crippen molar-refractivity contribution in [1.82, 2.24) is 0 Å². The molecule has 0 saturated carbocycles. The quantitative estimate of drug-likeness (QED) is 0.0414. The average molecular weight is 1070 g/mol. The summed E-state index contributed by atoms with van der Waals surface area (Å²) in [6, 6.07) is 24.9. The van der Waals surface area contributed by atoms with E-state index in [1.165, 1.54) is 87.0 Å². The number of hydrogen-bond acceptors (Lipinski definition) is 22. The third-order valence-corrected chi connectivity index (χ3v) is 13.5. The highest BCUT2D eigenvalue weighted by Crippen LogP contribution is 2.57. The Hall–Kier alpha value is -8.57. The number of ether oxygens (including phenoxy) is 15. The van der Waals surface area contributed by atoms with Gasteiger partial charge in [0.05, 0.1) is 39.5 Å². The number of esters is 4. The van der Waals surface area contributed by atoms with Crippen molar-refractivity contribution in [1.29, 1.82) is 0 Å². The van der Waals surface area contributed by atoms with Crippen LogP contribution in [-0.4, -0.2) is 134 Å². The summed E-state index contributed by atoms with van der Waals surface area (Å²) >= 11 is 0. The van der Waals surface area contributed by atoms with Crippen molar-refractivity contribution in [2.75, 3.05) is 54.0 Å². The lowest BCUT2D eigenvalue weighted by Gasteiger charge is -2.49. The second-order valence-corrected chi connectivity index (χ2v) is 18.3. The van der Waals surface area contributed by atoms with Gasteiger partial charge in [-0.3, -0.25) is 19.2 Å². The minimum absolute atomic E-state index is 0.0708. The molecule has 22 heteroatoms. The third-order valence-electron chi connectivity index (χ3n) is 13.5. The van der Waals surface area contributed by atoms with E-state index >= 15 is 0 Å². The largest absolute Gasteiger partial charge is 0.493 e. The molecule has 5 aliphatic rings. The summed E-state index contributed by atoms with van der Waals surface area (Å²) in [6.07, 6.45) is -6.62. The molecule has 0 spiro atoms. The van der Waals surface area contributed by atoms with Gasteiger partial charge in [0.25, 0.3) is 0 Å². The van der Waals surface area contributed by atoms with Gasteiger partial charge < -0.3 is 71.1 Å². The molecule has 0 bridgehead atoms. The minimum atomic E-state index is -1.59. The number of carbonyl (C=O) groups excluding carboxylic acids is 7. The maximum absolute atomic E-state index is 14.3. The van der Waals surface area contributed by atoms with Gasteiger partial charge in [-0.25, -0.2) is 14.4 Å². The molecule has 0 unspecified atom stereocenters. The number of methoxy groups -OCH3 is 2. The number of carbonyl (C=O) groups is 7. The van der Waals surface area contributed by atoms with E-state index in [0.717, 1.165) is 0 Å². The fraction of sp³-hybridized carbons (Fsp3) is 0.339. The number of rotatable bonds is 20. The Kier molecular flexibility index (Phi) is 15.8. The van der Waals surface area contributed by atoms with Crippen LogP contribution in [0.5, 0.6) is 46.0 Å². The van der Waals surface area contributed by atoms with Crippen LogP contribution in [0, 0.1) is 11.8 Å². The van der Waals surface area contributed by atoms with E-state index in [0.29, 0.717) is 69.5 Å². The molecule has 5 aromatic carbocycles. The van der Waals surface area contributed by atoms with Crippen molar-refractivity contribution in [3.63, 3.8) is 0 Å². The molecule has 10 rings (SSSR count). The standard InChI is InChI=1S/C56H50O22/c1-29-66-24-44-52(73-29)53(76-46(61)26-68-35-12-6-31(21-58)7-13-35)54(77-47(62)27-69-36-14-8-32(22-59)9-15-36)56(74-44)78-50-38-19-41-40(71-28-72-41)18-37(38)48(49-39(50)23-70-55(49)63)33-16-42(64-2)51(43(17-33)65-3)75-45(60)25-67-34-10-4-30(20-57)5-11-34/h4-22,29,39,44,48-50,52-54,56H,23-28H2,1-3H3/t29-,39+,44-,48-,49+,50-,52-,53+,54-,56+/m1/s1. The van der Waals surface area contributed by atoms with Crippen LogP contribution in [0.2, 0.25) is 0 Å². The Balaban J connectivity index is 0.984. The lowest BCUT2D eigenvalue weighted by molar-refractivity contribution is -0.366. The molecule has 3 fully saturated rings. The second-order valence-electron chi connectivity index (χ2n) is 18.3. The van der Waals surface area contributed by atoms with E-state index < -0.39 is 105 Å². The van der Waals surface area contributed by atoms with E-state index in [2.05, 4.69) is 0 Å². The van der Waals surface area contributed by atoms with Crippen molar-refractivity contribution in [3.8, 4) is 46.0 Å². The average Bonchev–Trinajstić information content (AvgIpc) is 4.29. The molecule has 22 nitrogen and oxygen atoms in total. The zero-order valence-electron chi connectivity index (χ0n) is 42.0. The van der Waals surface area contributed by atoms with Crippen LogP contribution >= 0.6 is 0 Å². The van der Waals surface area contributed by atoms with Crippen LogP contribution < -0.4 is 37.9 Å². The van der Waals surface area contributed by atoms with Gasteiger partial charge in [0.15, 0.2) is 67.6 Å². The maximum atomic E-state index is 14.3. The van der Waals surface area contributed by atoms with Crippen LogP contribution in [0.1, 0.15) is 66.7 Å². The fourth-order valence-electron chi connectivity index (χ4n) is 9.92. The highest BCUT2D eigenvalue weighted by atomic mass is 16.8. The summed E-state index contributed by atoms with van der Waals surface area (Å²) in [5.41, 5.74) is 2.68. The van der Waals surface area contributed by atoms with Crippen LogP contribution in [-0.2, 0) is 52.3 Å². The number of aldehydes is 3. The monoisotopic (exact) mass is 1070 g/mol. The number of cyclic esters (lactones) is 1. The molecule has 4 aliphatic heterocycles. The van der Waals surface area contributed by atoms with Gasteiger partial charge in [0.2, 0.25) is 12.5 Å². The molecule has 10 atom stereocenters. The molecule has 406 valence electrons. The maximum Gasteiger partial charge on any atom is 0.349 e. The lowest BCUT2D eigenvalue weighted by atomic mass is 9.66. The fourth-order valence-corrected chi connectivity index (χ4v) is 9.92. The first-order chi connectivity index (χ1) is 37.9. The first kappa shape index (κ1) is 52.9. The van der Waals surface area contributed by atoms with E-state index in [-0.39, 0.29) is 48.8 Å². The summed E-state index contributed by atoms with van der Waals surface area (Å²) in [5.74, 6) is -4.24. The van der Waals surface area contributed by atoms with E-state index in [9.17, 15) is 33.6 Å². The number of fused-ring (bicyclic) bond motifs is 4. The summed E-state index contributed by atoms with van der Waals surface area (Å²) in [7, 11) is 2.74. The highest BCUT2D eigenvalue weighted by Gasteiger charge is 2.58. The van der Waals surface area contributed by atoms with Crippen molar-refractivity contribution in [2.24, 2.45) is 11.8 Å². The Morgan fingerprint density at radius 1 is 0.615 bits per heavy atom. The van der Waals surface area contributed by atoms with Crippen LogP contribution in [0.15, 0.2) is 97.1 Å². The molecular formula is C56H50O22. The summed E-state index contributed by atoms with van der Waals surface area (Å²) in [6.45, 7) is -0.503. The third kappa shape index (κ3) is 11.3. The molecule has 78 heavy (non-hydrogen) atoms. The molecule has 0 amide bonds. The van der Waals surface area contributed by atoms with Crippen molar-refractivity contribution in [3.05, 3.63) is 130 Å². The van der Waals surface area contributed by atoms with Gasteiger partial charge in [-0.15, -0.1) is 0 Å². The molecule has 0 N–H and O–H groups in total. The Morgan fingerprint density at radius 2 is 1.13 bits per heavy atom. The molecule has 4 heterocycles. The zero-order chi connectivity index (χ0) is 54.5. The molecule has 0 radical (unpaired) electrons. The Labute approximate surface area is 444 Å².